The Kier molecular flexibility index (Phi) is 5.92. The summed E-state index contributed by atoms with van der Waals surface area (Å²) >= 11 is 0. The number of hydrogen-bond acceptors (Lipinski definition) is 3. The highest BCUT2D eigenvalue weighted by Crippen LogP contribution is 2.13. The molecule has 0 bridgehead atoms. The monoisotopic (exact) mass is 269 g/mol. The number of carbonyl (C=O) groups excluding carboxylic acids is 1. The van der Waals surface area contributed by atoms with Crippen LogP contribution in [0.1, 0.15) is 38.3 Å². The van der Waals surface area contributed by atoms with Gasteiger partial charge in [0.05, 0.1) is 12.2 Å². The summed E-state index contributed by atoms with van der Waals surface area (Å²) in [5, 5.41) is 7.75. The Morgan fingerprint density at radius 3 is 3.06 bits per heavy atom. The summed E-state index contributed by atoms with van der Waals surface area (Å²) in [4.78, 5) is 11.3. The van der Waals surface area contributed by atoms with E-state index in [4.69, 9.17) is 0 Å². The van der Waals surface area contributed by atoms with Gasteiger partial charge in [-0.1, -0.05) is 6.92 Å². The van der Waals surface area contributed by atoms with Gasteiger partial charge >= 0.3 is 0 Å². The van der Waals surface area contributed by atoms with Gasteiger partial charge in [-0.15, -0.1) is 12.4 Å². The number of aromatic nitrogens is 2. The molecule has 1 saturated heterocycles. The van der Waals surface area contributed by atoms with Crippen molar-refractivity contribution >= 4 is 24.3 Å². The third-order valence-electron chi connectivity index (χ3n) is 2.94. The molecule has 5 heteroatoms. The normalized spacial score (nSPS) is 17.1. The van der Waals surface area contributed by atoms with E-state index >= 15 is 0 Å². The first-order valence-corrected chi connectivity index (χ1v) is 6.27. The molecule has 0 aromatic carbocycles. The number of rotatable bonds is 4. The summed E-state index contributed by atoms with van der Waals surface area (Å²) < 4.78 is 1.71. The molecular formula is C13H20ClN3O. The highest BCUT2D eigenvalue weighted by molar-refractivity contribution is 5.85. The van der Waals surface area contributed by atoms with Crippen LogP contribution in [0.4, 0.5) is 0 Å². The van der Waals surface area contributed by atoms with Crippen molar-refractivity contribution < 1.29 is 4.79 Å². The van der Waals surface area contributed by atoms with Gasteiger partial charge in [-0.05, 0) is 31.4 Å². The average Bonchev–Trinajstić information content (AvgIpc) is 2.77. The third kappa shape index (κ3) is 4.18. The maximum Gasteiger partial charge on any atom is 0.154 e. The van der Waals surface area contributed by atoms with Crippen molar-refractivity contribution in [2.45, 2.75) is 39.2 Å². The largest absolute Gasteiger partial charge is 0.388 e. The van der Waals surface area contributed by atoms with Gasteiger partial charge in [0, 0.05) is 24.9 Å². The Morgan fingerprint density at radius 1 is 1.56 bits per heavy atom. The zero-order valence-electron chi connectivity index (χ0n) is 10.7. The Balaban J connectivity index is 0.00000162. The number of hydrogen-bond donors (Lipinski definition) is 1. The summed E-state index contributed by atoms with van der Waals surface area (Å²) in [5.41, 5.74) is 2.18. The lowest BCUT2D eigenvalue weighted by molar-refractivity contribution is -0.119. The highest BCUT2D eigenvalue weighted by Gasteiger charge is 2.06. The molecule has 0 amide bonds. The van der Waals surface area contributed by atoms with E-state index in [1.807, 2.05) is 19.2 Å². The van der Waals surface area contributed by atoms with Crippen molar-refractivity contribution in [2.24, 2.45) is 0 Å². The highest BCUT2D eigenvalue weighted by atomic mass is 35.5. The summed E-state index contributed by atoms with van der Waals surface area (Å²) in [7, 11) is 0. The minimum absolute atomic E-state index is 0. The van der Waals surface area contributed by atoms with Crippen LogP contribution in [0.5, 0.6) is 0 Å². The van der Waals surface area contributed by atoms with Gasteiger partial charge in [0.15, 0.2) is 5.78 Å². The fourth-order valence-electron chi connectivity index (χ4n) is 1.91. The molecule has 1 aromatic rings. The fourth-order valence-corrected chi connectivity index (χ4v) is 1.91. The van der Waals surface area contributed by atoms with Crippen LogP contribution in [-0.2, 0) is 11.3 Å². The lowest BCUT2D eigenvalue weighted by Crippen LogP contribution is -2.19. The van der Waals surface area contributed by atoms with Crippen molar-refractivity contribution in [3.8, 4) is 0 Å². The number of allylic oxidation sites excluding steroid dienone is 1. The number of ketones is 1. The first-order chi connectivity index (χ1) is 8.28. The van der Waals surface area contributed by atoms with E-state index in [0.717, 1.165) is 18.7 Å². The van der Waals surface area contributed by atoms with Gasteiger partial charge in [-0.3, -0.25) is 9.48 Å². The summed E-state index contributed by atoms with van der Waals surface area (Å²) in [6.45, 7) is 3.31. The Bertz CT molecular complexity index is 418. The minimum Gasteiger partial charge on any atom is -0.388 e. The predicted octanol–water partition coefficient (Wildman–Crippen LogP) is 2.40. The third-order valence-corrected chi connectivity index (χ3v) is 2.94. The van der Waals surface area contributed by atoms with Gasteiger partial charge in [0.25, 0.3) is 0 Å². The van der Waals surface area contributed by atoms with Gasteiger partial charge in [0.1, 0.15) is 0 Å². The second-order valence-electron chi connectivity index (χ2n) is 4.38. The van der Waals surface area contributed by atoms with Crippen molar-refractivity contribution in [3.63, 3.8) is 0 Å². The lowest BCUT2D eigenvalue weighted by Gasteiger charge is -2.15. The van der Waals surface area contributed by atoms with Crippen molar-refractivity contribution in [1.82, 2.24) is 15.1 Å². The topological polar surface area (TPSA) is 46.9 Å². The molecule has 0 atom stereocenters. The maximum atomic E-state index is 11.3. The van der Waals surface area contributed by atoms with Crippen molar-refractivity contribution in [3.05, 3.63) is 23.7 Å². The molecule has 1 aliphatic heterocycles. The van der Waals surface area contributed by atoms with E-state index in [1.165, 1.54) is 18.5 Å². The summed E-state index contributed by atoms with van der Waals surface area (Å²) in [5.74, 6) is 0.211. The molecule has 0 unspecified atom stereocenters. The van der Waals surface area contributed by atoms with E-state index < -0.39 is 0 Å². The first kappa shape index (κ1) is 14.8. The van der Waals surface area contributed by atoms with Crippen LogP contribution in [0.3, 0.4) is 0 Å². The van der Waals surface area contributed by atoms with E-state index in [-0.39, 0.29) is 18.2 Å². The van der Waals surface area contributed by atoms with Crippen LogP contribution in [0.15, 0.2) is 18.0 Å². The van der Waals surface area contributed by atoms with Crippen molar-refractivity contribution in [1.29, 1.82) is 0 Å². The number of Topliss-reactive ketones (excluding diaryl/α,β-unsaturated/α-hetero) is 1. The quantitative estimate of drug-likeness (QED) is 0.913. The number of nitrogens with one attached hydrogen (secondary N) is 1. The van der Waals surface area contributed by atoms with Crippen LogP contribution in [0.2, 0.25) is 0 Å². The zero-order valence-corrected chi connectivity index (χ0v) is 11.5. The molecule has 1 aromatic heterocycles. The Hall–Kier alpha value is -1.29. The zero-order chi connectivity index (χ0) is 12.1. The first-order valence-electron chi connectivity index (χ1n) is 6.27. The van der Waals surface area contributed by atoms with E-state index in [0.29, 0.717) is 13.0 Å². The second-order valence-corrected chi connectivity index (χ2v) is 4.38. The Labute approximate surface area is 114 Å². The van der Waals surface area contributed by atoms with E-state index in [2.05, 4.69) is 16.5 Å². The number of piperidine rings is 1. The van der Waals surface area contributed by atoms with Gasteiger partial charge < -0.3 is 5.32 Å². The second kappa shape index (κ2) is 7.21. The molecule has 4 nitrogen and oxygen atoms in total. The van der Waals surface area contributed by atoms with Gasteiger partial charge in [-0.2, -0.15) is 5.10 Å². The predicted molar refractivity (Wildman–Crippen MR) is 74.6 cm³/mol. The maximum absolute atomic E-state index is 11.3. The van der Waals surface area contributed by atoms with Crippen LogP contribution in [-0.4, -0.2) is 22.1 Å². The molecule has 0 aliphatic carbocycles. The van der Waals surface area contributed by atoms with Crippen molar-refractivity contribution in [2.75, 3.05) is 6.54 Å². The summed E-state index contributed by atoms with van der Waals surface area (Å²) in [6.07, 6.45) is 8.10. The molecule has 100 valence electrons. The number of halogens is 1. The fraction of sp³-hybridized carbons (Fsp3) is 0.538. The standard InChI is InChI=1S/C13H19N3O.ClH/c1-2-13(17)10-16-8-6-12(15-16)9-11-5-3-4-7-14-11;/h6,8-9,14H,2-5,7,10H2,1H3;1H. The molecule has 1 aliphatic rings. The van der Waals surface area contributed by atoms with Crippen LogP contribution < -0.4 is 5.32 Å². The molecule has 1 fully saturated rings. The molecular weight excluding hydrogens is 250 g/mol. The number of nitrogens with zero attached hydrogens (tertiary/aromatic N) is 2. The molecule has 2 rings (SSSR count). The van der Waals surface area contributed by atoms with E-state index in [9.17, 15) is 4.79 Å². The SMILES string of the molecule is CCC(=O)Cn1ccc(C=C2CCCCN2)n1.Cl. The van der Waals surface area contributed by atoms with Crippen LogP contribution in [0.25, 0.3) is 6.08 Å². The van der Waals surface area contributed by atoms with Gasteiger partial charge in [0.2, 0.25) is 0 Å². The molecule has 0 saturated carbocycles. The van der Waals surface area contributed by atoms with Crippen LogP contribution in [0, 0.1) is 0 Å². The molecule has 0 spiro atoms. The van der Waals surface area contributed by atoms with Crippen LogP contribution >= 0.6 is 12.4 Å². The summed E-state index contributed by atoms with van der Waals surface area (Å²) in [6, 6.07) is 1.95. The number of carbonyl (C=O) groups is 1. The molecule has 2 heterocycles. The molecule has 0 radical (unpaired) electrons. The lowest BCUT2D eigenvalue weighted by atomic mass is 10.1. The van der Waals surface area contributed by atoms with E-state index in [1.54, 1.807) is 4.68 Å². The molecule has 1 N–H and O–H groups in total. The minimum atomic E-state index is 0. The Morgan fingerprint density at radius 2 is 2.39 bits per heavy atom. The molecule has 18 heavy (non-hydrogen) atoms. The van der Waals surface area contributed by atoms with Gasteiger partial charge in [-0.25, -0.2) is 0 Å². The smallest absolute Gasteiger partial charge is 0.154 e. The average molecular weight is 270 g/mol.